The fourth-order valence-electron chi connectivity index (χ4n) is 2.68. The summed E-state index contributed by atoms with van der Waals surface area (Å²) in [5, 5.41) is 8.56. The minimum absolute atomic E-state index is 0. The van der Waals surface area contributed by atoms with Gasteiger partial charge in [0.2, 0.25) is 0 Å². The number of unbranched alkanes of at least 4 members (excludes halogenated alkanes) is 11. The van der Waals surface area contributed by atoms with Gasteiger partial charge in [0.15, 0.2) is 0 Å². The van der Waals surface area contributed by atoms with Gasteiger partial charge < -0.3 is 9.29 Å². The number of hydrogen-bond donors (Lipinski definition) is 1. The van der Waals surface area contributed by atoms with Crippen molar-refractivity contribution in [2.75, 3.05) is 12.4 Å². The van der Waals surface area contributed by atoms with Gasteiger partial charge in [-0.3, -0.25) is 4.79 Å². The van der Waals surface area contributed by atoms with Crippen LogP contribution in [0.5, 0.6) is 0 Å². The third kappa shape index (κ3) is 22.3. The Labute approximate surface area is 188 Å². The Morgan fingerprint density at radius 3 is 1.85 bits per heavy atom. The molecule has 0 aromatic heterocycles. The van der Waals surface area contributed by atoms with Crippen molar-refractivity contribution in [2.45, 2.75) is 96.8 Å². The average molecular weight is 415 g/mol. The van der Waals surface area contributed by atoms with Gasteiger partial charge in [-0.2, -0.15) is 8.42 Å². The molecule has 27 heavy (non-hydrogen) atoms. The van der Waals surface area contributed by atoms with Crippen LogP contribution < -0.4 is 0 Å². The molecule has 0 aliphatic carbocycles. The van der Waals surface area contributed by atoms with Crippen molar-refractivity contribution in [1.82, 2.24) is 0 Å². The molecule has 0 bridgehead atoms. The SMILES string of the molecule is CCCCCCCC/C=C\CCCCCCCC(=O)OS(=O)(=O)CCO.[NaH]. The molecular formula is C20H39NaO5S. The first-order valence-corrected chi connectivity index (χ1v) is 11.8. The van der Waals surface area contributed by atoms with Gasteiger partial charge in [0, 0.05) is 6.42 Å². The van der Waals surface area contributed by atoms with Crippen molar-refractivity contribution in [3.63, 3.8) is 0 Å². The molecule has 0 spiro atoms. The van der Waals surface area contributed by atoms with Crippen LogP contribution in [0.3, 0.4) is 0 Å². The first-order chi connectivity index (χ1) is 12.5. The number of aliphatic hydroxyl groups excluding tert-OH is 1. The molecule has 0 aromatic rings. The van der Waals surface area contributed by atoms with E-state index < -0.39 is 28.4 Å². The number of rotatable bonds is 18. The summed E-state index contributed by atoms with van der Waals surface area (Å²) in [6, 6.07) is 0. The van der Waals surface area contributed by atoms with Crippen LogP contribution in [0.1, 0.15) is 96.8 Å². The molecule has 0 saturated heterocycles. The average Bonchev–Trinajstić information content (AvgIpc) is 2.57. The molecule has 0 atom stereocenters. The van der Waals surface area contributed by atoms with Crippen LogP contribution in [0.25, 0.3) is 0 Å². The second-order valence-corrected chi connectivity index (χ2v) is 8.47. The van der Waals surface area contributed by atoms with Crippen molar-refractivity contribution in [3.8, 4) is 0 Å². The van der Waals surface area contributed by atoms with Crippen LogP contribution >= 0.6 is 0 Å². The zero-order valence-electron chi connectivity index (χ0n) is 16.5. The molecule has 0 aromatic carbocycles. The maximum absolute atomic E-state index is 11.4. The molecule has 0 amide bonds. The minimum atomic E-state index is -3.91. The molecule has 156 valence electrons. The number of allylic oxidation sites excluding steroid dienone is 2. The Hall–Kier alpha value is 0.120. The zero-order valence-corrected chi connectivity index (χ0v) is 17.3. The van der Waals surface area contributed by atoms with Gasteiger partial charge in [-0.25, -0.2) is 0 Å². The fourth-order valence-corrected chi connectivity index (χ4v) is 3.35. The molecule has 0 aliphatic heterocycles. The summed E-state index contributed by atoms with van der Waals surface area (Å²) in [6.45, 7) is 1.70. The van der Waals surface area contributed by atoms with Crippen molar-refractivity contribution < 1.29 is 22.5 Å². The van der Waals surface area contributed by atoms with Crippen molar-refractivity contribution in [1.29, 1.82) is 0 Å². The molecule has 0 rings (SSSR count). The summed E-state index contributed by atoms with van der Waals surface area (Å²) in [6.07, 6.45) is 19.9. The Morgan fingerprint density at radius 1 is 0.852 bits per heavy atom. The van der Waals surface area contributed by atoms with Crippen LogP contribution in [0, 0.1) is 0 Å². The summed E-state index contributed by atoms with van der Waals surface area (Å²) in [7, 11) is -3.91. The molecule has 5 nitrogen and oxygen atoms in total. The van der Waals surface area contributed by atoms with Crippen LogP contribution in [0.2, 0.25) is 0 Å². The Balaban J connectivity index is 0. The molecule has 0 aliphatic rings. The number of carbonyl (C=O) groups is 1. The summed E-state index contributed by atoms with van der Waals surface area (Å²) >= 11 is 0. The molecule has 0 unspecified atom stereocenters. The molecule has 0 fully saturated rings. The van der Waals surface area contributed by atoms with Crippen LogP contribution in [0.15, 0.2) is 12.2 Å². The van der Waals surface area contributed by atoms with E-state index in [9.17, 15) is 13.2 Å². The van der Waals surface area contributed by atoms with Gasteiger partial charge >= 0.3 is 45.6 Å². The van der Waals surface area contributed by atoms with E-state index in [1.54, 1.807) is 0 Å². The Bertz CT molecular complexity index is 463. The van der Waals surface area contributed by atoms with Crippen LogP contribution in [-0.2, 0) is 19.1 Å². The first kappa shape index (κ1) is 29.3. The Morgan fingerprint density at radius 2 is 1.33 bits per heavy atom. The van der Waals surface area contributed by atoms with E-state index in [0.717, 1.165) is 32.1 Å². The summed E-state index contributed by atoms with van der Waals surface area (Å²) < 4.78 is 26.7. The van der Waals surface area contributed by atoms with E-state index in [-0.39, 0.29) is 36.0 Å². The van der Waals surface area contributed by atoms with Gasteiger partial charge in [0.1, 0.15) is 5.75 Å². The third-order valence-corrected chi connectivity index (χ3v) is 5.33. The second-order valence-electron chi connectivity index (χ2n) is 6.78. The topological polar surface area (TPSA) is 80.7 Å². The van der Waals surface area contributed by atoms with Crippen molar-refractivity contribution in [2.24, 2.45) is 0 Å². The van der Waals surface area contributed by atoms with E-state index in [1.165, 1.54) is 44.9 Å². The number of hydrogen-bond acceptors (Lipinski definition) is 5. The maximum atomic E-state index is 11.4. The summed E-state index contributed by atoms with van der Waals surface area (Å²) in [4.78, 5) is 11.4. The summed E-state index contributed by atoms with van der Waals surface area (Å²) in [5.74, 6) is -1.26. The van der Waals surface area contributed by atoms with E-state index in [2.05, 4.69) is 23.3 Å². The van der Waals surface area contributed by atoms with E-state index in [0.29, 0.717) is 6.42 Å². The molecule has 7 heteroatoms. The van der Waals surface area contributed by atoms with E-state index in [1.807, 2.05) is 0 Å². The molecular weight excluding hydrogens is 375 g/mol. The second kappa shape index (κ2) is 20.8. The van der Waals surface area contributed by atoms with Crippen LogP contribution in [-0.4, -0.2) is 61.4 Å². The third-order valence-electron chi connectivity index (χ3n) is 4.20. The number of carbonyl (C=O) groups excluding carboxylic acids is 1. The molecule has 1 N–H and O–H groups in total. The first-order valence-electron chi connectivity index (χ1n) is 10.2. The molecule has 0 heterocycles. The van der Waals surface area contributed by atoms with Gasteiger partial charge in [0.05, 0.1) is 6.61 Å². The fraction of sp³-hybridized carbons (Fsp3) is 0.850. The van der Waals surface area contributed by atoms with Gasteiger partial charge in [-0.1, -0.05) is 70.4 Å². The van der Waals surface area contributed by atoms with Gasteiger partial charge in [-0.05, 0) is 32.1 Å². The predicted molar refractivity (Wildman–Crippen MR) is 114 cm³/mol. The molecule has 0 saturated carbocycles. The zero-order chi connectivity index (χ0) is 19.5. The van der Waals surface area contributed by atoms with Crippen LogP contribution in [0.4, 0.5) is 0 Å². The standard InChI is InChI=1S/C20H38O5S.Na.H/c1-2-3-4-5-6-7-8-9-10-11-12-13-14-15-16-17-20(22)25-26(23,24)19-18-21;;/h9-10,21H,2-8,11-19H2,1H3;;/b10-9-;;. The monoisotopic (exact) mass is 414 g/mol. The predicted octanol–water partition coefficient (Wildman–Crippen LogP) is 4.24. The summed E-state index contributed by atoms with van der Waals surface area (Å²) in [5.41, 5.74) is 0. The number of aliphatic hydroxyl groups is 1. The van der Waals surface area contributed by atoms with Gasteiger partial charge in [0.25, 0.3) is 0 Å². The van der Waals surface area contributed by atoms with Crippen molar-refractivity contribution >= 4 is 45.6 Å². The molecule has 0 radical (unpaired) electrons. The normalized spacial score (nSPS) is 11.5. The Kier molecular flexibility index (Phi) is 22.6. The quantitative estimate of drug-likeness (QED) is 0.157. The van der Waals surface area contributed by atoms with Crippen molar-refractivity contribution in [3.05, 3.63) is 12.2 Å². The van der Waals surface area contributed by atoms with Gasteiger partial charge in [-0.15, -0.1) is 0 Å². The van der Waals surface area contributed by atoms with E-state index in [4.69, 9.17) is 5.11 Å². The van der Waals surface area contributed by atoms with E-state index >= 15 is 0 Å².